The summed E-state index contributed by atoms with van der Waals surface area (Å²) in [6, 6.07) is -0.511. The summed E-state index contributed by atoms with van der Waals surface area (Å²) < 4.78 is 10.0. The van der Waals surface area contributed by atoms with Gasteiger partial charge in [-0.3, -0.25) is 4.79 Å². The van der Waals surface area contributed by atoms with Crippen LogP contribution in [-0.4, -0.2) is 43.3 Å². The van der Waals surface area contributed by atoms with Crippen LogP contribution in [0.2, 0.25) is 0 Å². The van der Waals surface area contributed by atoms with Gasteiger partial charge in [0.15, 0.2) is 0 Å². The molecule has 0 saturated carbocycles. The summed E-state index contributed by atoms with van der Waals surface area (Å²) in [5.41, 5.74) is 0. The first kappa shape index (κ1) is 13.0. The highest BCUT2D eigenvalue weighted by Crippen LogP contribution is 2.29. The van der Waals surface area contributed by atoms with Crippen molar-refractivity contribution < 1.29 is 19.1 Å². The largest absolute Gasteiger partial charge is 0.467 e. The average Bonchev–Trinajstić information content (AvgIpc) is 2.27. The molecule has 16 heavy (non-hydrogen) atoms. The van der Waals surface area contributed by atoms with Crippen molar-refractivity contribution in [3.8, 4) is 0 Å². The summed E-state index contributed by atoms with van der Waals surface area (Å²) in [5.74, 6) is -0.298. The molecule has 0 aromatic carbocycles. The Morgan fingerprint density at radius 2 is 1.88 bits per heavy atom. The number of methoxy groups -OCH3 is 2. The number of rotatable bonds is 2. The summed E-state index contributed by atoms with van der Waals surface area (Å²) in [6.07, 6.45) is 1.14. The highest BCUT2D eigenvalue weighted by atomic mass is 16.5. The zero-order valence-electron chi connectivity index (χ0n) is 10.2. The third kappa shape index (κ3) is 2.35. The van der Waals surface area contributed by atoms with Crippen LogP contribution in [0.3, 0.4) is 0 Å². The molecule has 1 heterocycles. The van der Waals surface area contributed by atoms with Crippen LogP contribution in [-0.2, 0) is 19.1 Å². The fraction of sp³-hybridized carbons (Fsp3) is 0.818. The molecule has 1 saturated heterocycles. The second kappa shape index (κ2) is 5.30. The van der Waals surface area contributed by atoms with Gasteiger partial charge in [0.05, 0.1) is 7.11 Å². The van der Waals surface area contributed by atoms with Crippen molar-refractivity contribution in [3.63, 3.8) is 0 Å². The van der Waals surface area contributed by atoms with E-state index in [0.29, 0.717) is 6.42 Å². The van der Waals surface area contributed by atoms with Crippen molar-refractivity contribution in [2.24, 2.45) is 5.92 Å². The van der Waals surface area contributed by atoms with Crippen molar-refractivity contribution in [1.29, 1.82) is 0 Å². The minimum Gasteiger partial charge on any atom is -0.467 e. The predicted octanol–water partition coefficient (Wildman–Crippen LogP) is 0.779. The molecule has 1 amide bonds. The molecule has 0 aromatic heterocycles. The van der Waals surface area contributed by atoms with Gasteiger partial charge in [0.25, 0.3) is 0 Å². The maximum atomic E-state index is 11.6. The maximum Gasteiger partial charge on any atom is 0.328 e. The maximum absolute atomic E-state index is 11.6. The van der Waals surface area contributed by atoms with Crippen LogP contribution in [0.15, 0.2) is 0 Å². The normalized spacial score (nSPS) is 30.0. The third-order valence-corrected chi connectivity index (χ3v) is 3.07. The Morgan fingerprint density at radius 1 is 1.25 bits per heavy atom. The van der Waals surface area contributed by atoms with Crippen LogP contribution in [0.1, 0.15) is 26.7 Å². The summed E-state index contributed by atoms with van der Waals surface area (Å²) >= 11 is 0. The molecular formula is C11H19NO4. The molecule has 1 aliphatic rings. The van der Waals surface area contributed by atoms with Gasteiger partial charge in [-0.15, -0.1) is 0 Å². The predicted molar refractivity (Wildman–Crippen MR) is 57.5 cm³/mol. The van der Waals surface area contributed by atoms with Crippen LogP contribution in [0, 0.1) is 5.92 Å². The van der Waals surface area contributed by atoms with Gasteiger partial charge < -0.3 is 14.4 Å². The van der Waals surface area contributed by atoms with E-state index >= 15 is 0 Å². The molecule has 1 aliphatic heterocycles. The van der Waals surface area contributed by atoms with E-state index in [2.05, 4.69) is 0 Å². The Labute approximate surface area is 95.7 Å². The molecule has 0 aromatic rings. The van der Waals surface area contributed by atoms with E-state index in [-0.39, 0.29) is 24.0 Å². The number of likely N-dealkylation sites (tertiary alicyclic amines) is 1. The zero-order valence-corrected chi connectivity index (χ0v) is 10.2. The molecule has 0 N–H and O–H groups in total. The molecule has 5 heteroatoms. The van der Waals surface area contributed by atoms with E-state index < -0.39 is 6.04 Å². The minimum absolute atomic E-state index is 0.159. The van der Waals surface area contributed by atoms with Gasteiger partial charge in [-0.05, 0) is 12.8 Å². The van der Waals surface area contributed by atoms with Gasteiger partial charge in [-0.25, -0.2) is 4.79 Å². The van der Waals surface area contributed by atoms with E-state index in [1.807, 2.05) is 6.92 Å². The quantitative estimate of drug-likeness (QED) is 0.657. The van der Waals surface area contributed by atoms with Gasteiger partial charge in [0, 0.05) is 20.0 Å². The monoisotopic (exact) mass is 229 g/mol. The van der Waals surface area contributed by atoms with Crippen LogP contribution >= 0.6 is 0 Å². The van der Waals surface area contributed by atoms with Crippen molar-refractivity contribution in [2.45, 2.75) is 39.0 Å². The molecular weight excluding hydrogens is 210 g/mol. The Bertz CT molecular complexity index is 279. The number of esters is 1. The van der Waals surface area contributed by atoms with E-state index in [4.69, 9.17) is 9.47 Å². The number of ether oxygens (including phenoxy) is 2. The van der Waals surface area contributed by atoms with Gasteiger partial charge in [-0.1, -0.05) is 6.92 Å². The van der Waals surface area contributed by atoms with Crippen molar-refractivity contribution in [1.82, 2.24) is 4.90 Å². The highest BCUT2D eigenvalue weighted by Gasteiger charge is 2.40. The summed E-state index contributed by atoms with van der Waals surface area (Å²) in [4.78, 5) is 24.6. The summed E-state index contributed by atoms with van der Waals surface area (Å²) in [6.45, 7) is 3.46. The lowest BCUT2D eigenvalue weighted by atomic mass is 9.92. The van der Waals surface area contributed by atoms with Gasteiger partial charge in [-0.2, -0.15) is 0 Å². The lowest BCUT2D eigenvalue weighted by molar-refractivity contribution is -0.174. The lowest BCUT2D eigenvalue weighted by Crippen LogP contribution is -2.56. The van der Waals surface area contributed by atoms with Gasteiger partial charge in [0.1, 0.15) is 12.3 Å². The molecule has 3 atom stereocenters. The van der Waals surface area contributed by atoms with Gasteiger partial charge in [0.2, 0.25) is 5.91 Å². The van der Waals surface area contributed by atoms with Crippen molar-refractivity contribution in [3.05, 3.63) is 0 Å². The molecule has 1 fully saturated rings. The highest BCUT2D eigenvalue weighted by molar-refractivity contribution is 5.83. The standard InChI is InChI=1S/C11H19NO4/c1-7-5-6-9(11(14)16-4)12(8(2)13)10(7)15-3/h7,9-10H,5-6H2,1-4H3/t7-,9-,10?/m0/s1. The first-order valence-corrected chi connectivity index (χ1v) is 5.42. The SMILES string of the molecule is COC(=O)[C@@H]1CC[C@H](C)C(OC)N1C(C)=O. The molecule has 0 spiro atoms. The van der Waals surface area contributed by atoms with Crippen LogP contribution in [0.4, 0.5) is 0 Å². The van der Waals surface area contributed by atoms with Gasteiger partial charge >= 0.3 is 5.97 Å². The fourth-order valence-electron chi connectivity index (χ4n) is 2.27. The van der Waals surface area contributed by atoms with E-state index in [1.165, 1.54) is 18.9 Å². The second-order valence-electron chi connectivity index (χ2n) is 4.15. The number of hydrogen-bond acceptors (Lipinski definition) is 4. The molecule has 0 radical (unpaired) electrons. The van der Waals surface area contributed by atoms with Crippen LogP contribution in [0.5, 0.6) is 0 Å². The lowest BCUT2D eigenvalue weighted by Gasteiger charge is -2.42. The number of carbonyl (C=O) groups is 2. The second-order valence-corrected chi connectivity index (χ2v) is 4.15. The zero-order chi connectivity index (χ0) is 12.3. The van der Waals surface area contributed by atoms with E-state index in [9.17, 15) is 9.59 Å². The molecule has 1 rings (SSSR count). The Balaban J connectivity index is 2.93. The molecule has 1 unspecified atom stereocenters. The van der Waals surface area contributed by atoms with Crippen LogP contribution in [0.25, 0.3) is 0 Å². The summed E-state index contributed by atoms with van der Waals surface area (Å²) in [5, 5.41) is 0. The number of piperidine rings is 1. The number of amides is 1. The Kier molecular flexibility index (Phi) is 4.29. The summed E-state index contributed by atoms with van der Waals surface area (Å²) in [7, 11) is 2.89. The molecule has 0 aliphatic carbocycles. The topological polar surface area (TPSA) is 55.8 Å². The number of carbonyl (C=O) groups excluding carboxylic acids is 2. The average molecular weight is 229 g/mol. The van der Waals surface area contributed by atoms with E-state index in [1.54, 1.807) is 7.11 Å². The molecule has 5 nitrogen and oxygen atoms in total. The third-order valence-electron chi connectivity index (χ3n) is 3.07. The smallest absolute Gasteiger partial charge is 0.328 e. The molecule has 92 valence electrons. The number of hydrogen-bond donors (Lipinski definition) is 0. The fourth-order valence-corrected chi connectivity index (χ4v) is 2.27. The molecule has 0 bridgehead atoms. The minimum atomic E-state index is -0.511. The Morgan fingerprint density at radius 3 is 2.31 bits per heavy atom. The van der Waals surface area contributed by atoms with Crippen LogP contribution < -0.4 is 0 Å². The first-order chi connectivity index (χ1) is 7.52. The van der Waals surface area contributed by atoms with E-state index in [0.717, 1.165) is 6.42 Å². The number of nitrogens with zero attached hydrogens (tertiary/aromatic N) is 1. The van der Waals surface area contributed by atoms with Crippen molar-refractivity contribution >= 4 is 11.9 Å². The van der Waals surface area contributed by atoms with Crippen molar-refractivity contribution in [2.75, 3.05) is 14.2 Å². The Hall–Kier alpha value is -1.10. The first-order valence-electron chi connectivity index (χ1n) is 5.42.